The fourth-order valence-corrected chi connectivity index (χ4v) is 3.62. The van der Waals surface area contributed by atoms with E-state index in [0.29, 0.717) is 12.1 Å². The molecule has 2 aliphatic heterocycles. The van der Waals surface area contributed by atoms with Gasteiger partial charge >= 0.3 is 0 Å². The second-order valence-electron chi connectivity index (χ2n) is 5.42. The molecule has 4 heteroatoms. The number of hydrogen-bond donors (Lipinski definition) is 1. The number of carbonyl (C=O) groups excluding carboxylic acids is 1. The van der Waals surface area contributed by atoms with Gasteiger partial charge in [-0.25, -0.2) is 0 Å². The second kappa shape index (κ2) is 5.79. The van der Waals surface area contributed by atoms with Crippen LogP contribution in [-0.2, 0) is 0 Å². The maximum Gasteiger partial charge on any atom is 0.254 e. The number of carbonyl (C=O) groups is 1. The van der Waals surface area contributed by atoms with E-state index in [0.717, 1.165) is 31.5 Å². The third-order valence-electron chi connectivity index (χ3n) is 4.21. The van der Waals surface area contributed by atoms with Gasteiger partial charge < -0.3 is 10.2 Å². The van der Waals surface area contributed by atoms with Crippen LogP contribution in [0.2, 0.25) is 0 Å². The molecule has 0 saturated carbocycles. The Bertz CT molecular complexity index is 454. The van der Waals surface area contributed by atoms with Crippen molar-refractivity contribution in [1.29, 1.82) is 0 Å². The summed E-state index contributed by atoms with van der Waals surface area (Å²) < 4.78 is 1.17. The van der Waals surface area contributed by atoms with Crippen molar-refractivity contribution in [1.82, 2.24) is 10.2 Å². The Hall–Kier alpha value is -0.620. The minimum Gasteiger partial charge on any atom is -0.334 e. The van der Waals surface area contributed by atoms with E-state index in [1.54, 1.807) is 0 Å². The maximum atomic E-state index is 12.6. The van der Waals surface area contributed by atoms with Crippen LogP contribution in [0.25, 0.3) is 0 Å². The lowest BCUT2D eigenvalue weighted by Gasteiger charge is -2.29. The van der Waals surface area contributed by atoms with Gasteiger partial charge in [0.05, 0.1) is 0 Å². The van der Waals surface area contributed by atoms with E-state index in [9.17, 15) is 4.79 Å². The summed E-state index contributed by atoms with van der Waals surface area (Å²) in [6.45, 7) is 2.01. The average molecular weight is 370 g/mol. The SMILES string of the molecule is O=C(c1ccc(I)cc1)N1CCCC1C1CCCN1. The van der Waals surface area contributed by atoms with Crippen molar-refractivity contribution >= 4 is 28.5 Å². The molecule has 0 aliphatic carbocycles. The largest absolute Gasteiger partial charge is 0.334 e. The van der Waals surface area contributed by atoms with Gasteiger partial charge in [-0.2, -0.15) is 0 Å². The smallest absolute Gasteiger partial charge is 0.254 e. The quantitative estimate of drug-likeness (QED) is 0.812. The van der Waals surface area contributed by atoms with Crippen molar-refractivity contribution in [3.05, 3.63) is 33.4 Å². The van der Waals surface area contributed by atoms with Crippen LogP contribution in [0.15, 0.2) is 24.3 Å². The van der Waals surface area contributed by atoms with Crippen LogP contribution >= 0.6 is 22.6 Å². The normalized spacial score (nSPS) is 26.9. The molecule has 102 valence electrons. The van der Waals surface area contributed by atoms with Crippen molar-refractivity contribution < 1.29 is 4.79 Å². The van der Waals surface area contributed by atoms with Crippen molar-refractivity contribution in [3.63, 3.8) is 0 Å². The van der Waals surface area contributed by atoms with E-state index in [-0.39, 0.29) is 5.91 Å². The molecule has 0 spiro atoms. The first-order chi connectivity index (χ1) is 9.25. The predicted octanol–water partition coefficient (Wildman–Crippen LogP) is 2.65. The van der Waals surface area contributed by atoms with Crippen LogP contribution in [0.1, 0.15) is 36.0 Å². The number of halogens is 1. The van der Waals surface area contributed by atoms with Crippen molar-refractivity contribution in [2.24, 2.45) is 0 Å². The zero-order chi connectivity index (χ0) is 13.2. The first-order valence-electron chi connectivity index (χ1n) is 7.05. The van der Waals surface area contributed by atoms with Crippen LogP contribution in [0.3, 0.4) is 0 Å². The van der Waals surface area contributed by atoms with Gasteiger partial charge in [-0.3, -0.25) is 4.79 Å². The number of rotatable bonds is 2. The lowest BCUT2D eigenvalue weighted by Crippen LogP contribution is -2.46. The average Bonchev–Trinajstić information content (AvgIpc) is 3.09. The van der Waals surface area contributed by atoms with Gasteiger partial charge in [0.25, 0.3) is 5.91 Å². The van der Waals surface area contributed by atoms with Crippen LogP contribution in [0, 0.1) is 3.57 Å². The monoisotopic (exact) mass is 370 g/mol. The second-order valence-corrected chi connectivity index (χ2v) is 6.66. The molecule has 0 aromatic heterocycles. The number of nitrogens with one attached hydrogen (secondary N) is 1. The number of hydrogen-bond acceptors (Lipinski definition) is 2. The van der Waals surface area contributed by atoms with Crippen molar-refractivity contribution in [2.45, 2.75) is 37.8 Å². The van der Waals surface area contributed by atoms with E-state index < -0.39 is 0 Å². The fourth-order valence-electron chi connectivity index (χ4n) is 3.26. The molecule has 2 atom stereocenters. The first kappa shape index (κ1) is 13.4. The van der Waals surface area contributed by atoms with Gasteiger partial charge in [0, 0.05) is 27.8 Å². The molecule has 2 fully saturated rings. The Morgan fingerprint density at radius 3 is 2.68 bits per heavy atom. The molecule has 1 aromatic rings. The van der Waals surface area contributed by atoms with Gasteiger partial charge in [-0.1, -0.05) is 0 Å². The molecule has 2 saturated heterocycles. The third-order valence-corrected chi connectivity index (χ3v) is 4.93. The zero-order valence-corrected chi connectivity index (χ0v) is 13.1. The molecule has 1 N–H and O–H groups in total. The van der Waals surface area contributed by atoms with Crippen LogP contribution in [-0.4, -0.2) is 36.0 Å². The molecule has 2 aliphatic rings. The zero-order valence-electron chi connectivity index (χ0n) is 10.9. The standard InChI is InChI=1S/C15H19IN2O/c16-12-7-5-11(6-8-12)15(19)18-10-2-4-14(18)13-3-1-9-17-13/h5-8,13-14,17H,1-4,9-10H2. The molecule has 19 heavy (non-hydrogen) atoms. The lowest BCUT2D eigenvalue weighted by molar-refractivity contribution is 0.0711. The van der Waals surface area contributed by atoms with Gasteiger partial charge in [-0.05, 0) is 79.1 Å². The molecule has 2 unspecified atom stereocenters. The van der Waals surface area contributed by atoms with E-state index in [2.05, 4.69) is 32.8 Å². The number of amides is 1. The molecule has 1 amide bonds. The molecule has 0 radical (unpaired) electrons. The summed E-state index contributed by atoms with van der Waals surface area (Å²) in [5.41, 5.74) is 0.824. The molecule has 3 nitrogen and oxygen atoms in total. The van der Waals surface area contributed by atoms with Crippen LogP contribution in [0.5, 0.6) is 0 Å². The topological polar surface area (TPSA) is 32.3 Å². The van der Waals surface area contributed by atoms with E-state index in [1.807, 2.05) is 24.3 Å². The Morgan fingerprint density at radius 2 is 2.00 bits per heavy atom. The summed E-state index contributed by atoms with van der Waals surface area (Å²) >= 11 is 2.27. The number of benzene rings is 1. The van der Waals surface area contributed by atoms with Crippen LogP contribution < -0.4 is 5.32 Å². The molecular weight excluding hydrogens is 351 g/mol. The molecule has 0 bridgehead atoms. The minimum atomic E-state index is 0.201. The predicted molar refractivity (Wildman–Crippen MR) is 84.2 cm³/mol. The Morgan fingerprint density at radius 1 is 1.21 bits per heavy atom. The first-order valence-corrected chi connectivity index (χ1v) is 8.13. The Kier molecular flexibility index (Phi) is 4.07. The van der Waals surface area contributed by atoms with E-state index >= 15 is 0 Å². The summed E-state index contributed by atoms with van der Waals surface area (Å²) in [6.07, 6.45) is 4.74. The molecule has 3 rings (SSSR count). The molecule has 1 aromatic carbocycles. The number of likely N-dealkylation sites (tertiary alicyclic amines) is 1. The summed E-state index contributed by atoms with van der Waals surface area (Å²) in [5, 5.41) is 3.55. The van der Waals surface area contributed by atoms with Crippen molar-refractivity contribution in [2.75, 3.05) is 13.1 Å². The van der Waals surface area contributed by atoms with Gasteiger partial charge in [-0.15, -0.1) is 0 Å². The highest BCUT2D eigenvalue weighted by Crippen LogP contribution is 2.26. The number of nitrogens with zero attached hydrogens (tertiary/aromatic N) is 1. The Balaban J connectivity index is 1.76. The lowest BCUT2D eigenvalue weighted by atomic mass is 10.0. The highest BCUT2D eigenvalue weighted by Gasteiger charge is 2.36. The van der Waals surface area contributed by atoms with Crippen LogP contribution in [0.4, 0.5) is 0 Å². The molecular formula is C15H19IN2O. The fraction of sp³-hybridized carbons (Fsp3) is 0.533. The Labute approximate surface area is 127 Å². The third kappa shape index (κ3) is 2.79. The van der Waals surface area contributed by atoms with Gasteiger partial charge in [0.2, 0.25) is 0 Å². The molecule has 2 heterocycles. The summed E-state index contributed by atoms with van der Waals surface area (Å²) in [7, 11) is 0. The van der Waals surface area contributed by atoms with Crippen molar-refractivity contribution in [3.8, 4) is 0 Å². The highest BCUT2D eigenvalue weighted by atomic mass is 127. The van der Waals surface area contributed by atoms with Gasteiger partial charge in [0.15, 0.2) is 0 Å². The highest BCUT2D eigenvalue weighted by molar-refractivity contribution is 14.1. The summed E-state index contributed by atoms with van der Waals surface area (Å²) in [6, 6.07) is 8.81. The summed E-state index contributed by atoms with van der Waals surface area (Å²) in [4.78, 5) is 14.7. The maximum absolute atomic E-state index is 12.6. The summed E-state index contributed by atoms with van der Waals surface area (Å²) in [5.74, 6) is 0.201. The van der Waals surface area contributed by atoms with E-state index in [1.165, 1.54) is 16.4 Å². The minimum absolute atomic E-state index is 0.201. The van der Waals surface area contributed by atoms with Gasteiger partial charge in [0.1, 0.15) is 0 Å². The van der Waals surface area contributed by atoms with E-state index in [4.69, 9.17) is 0 Å².